The summed E-state index contributed by atoms with van der Waals surface area (Å²) in [5, 5.41) is 8.47. The summed E-state index contributed by atoms with van der Waals surface area (Å²) in [6.45, 7) is 4.74. The molecule has 1 aromatic carbocycles. The number of hydrogen-bond acceptors (Lipinski definition) is 3. The van der Waals surface area contributed by atoms with E-state index in [1.54, 1.807) is 0 Å². The van der Waals surface area contributed by atoms with Crippen molar-refractivity contribution in [2.24, 2.45) is 5.10 Å². The molecule has 1 aliphatic rings. The quantitative estimate of drug-likeness (QED) is 0.819. The van der Waals surface area contributed by atoms with Gasteiger partial charge in [-0.25, -0.2) is 5.01 Å². The molecule has 1 N–H and O–H groups in total. The van der Waals surface area contributed by atoms with Gasteiger partial charge in [-0.2, -0.15) is 5.10 Å². The van der Waals surface area contributed by atoms with Crippen molar-refractivity contribution in [2.75, 3.05) is 13.1 Å². The van der Waals surface area contributed by atoms with Gasteiger partial charge in [-0.1, -0.05) is 43.2 Å². The molecule has 1 aliphatic heterocycles. The number of amides is 2. The number of aryl methyl sites for hydroxylation is 1. The summed E-state index contributed by atoms with van der Waals surface area (Å²) in [7, 11) is 0. The van der Waals surface area contributed by atoms with Crippen molar-refractivity contribution >= 4 is 17.5 Å². The van der Waals surface area contributed by atoms with Crippen molar-refractivity contribution < 1.29 is 9.59 Å². The van der Waals surface area contributed by atoms with Crippen LogP contribution >= 0.6 is 0 Å². The Morgan fingerprint density at radius 2 is 2.00 bits per heavy atom. The highest BCUT2D eigenvalue weighted by molar-refractivity contribution is 6.04. The molecule has 2 amide bonds. The molecule has 0 unspecified atom stereocenters. The Labute approximate surface area is 131 Å². The fourth-order valence-corrected chi connectivity index (χ4v) is 2.27. The molecule has 118 valence electrons. The Kier molecular flexibility index (Phi) is 5.69. The van der Waals surface area contributed by atoms with Crippen molar-refractivity contribution in [1.29, 1.82) is 0 Å². The van der Waals surface area contributed by atoms with Gasteiger partial charge in [0.1, 0.15) is 6.54 Å². The van der Waals surface area contributed by atoms with Crippen LogP contribution in [0.1, 0.15) is 43.7 Å². The molecule has 0 saturated heterocycles. The van der Waals surface area contributed by atoms with Crippen LogP contribution in [0.3, 0.4) is 0 Å². The highest BCUT2D eigenvalue weighted by Gasteiger charge is 2.23. The summed E-state index contributed by atoms with van der Waals surface area (Å²) in [5.74, 6) is -0.253. The van der Waals surface area contributed by atoms with Gasteiger partial charge in [0.2, 0.25) is 11.8 Å². The minimum atomic E-state index is -0.157. The van der Waals surface area contributed by atoms with Crippen LogP contribution in [0.25, 0.3) is 0 Å². The number of unbranched alkanes of at least 4 members (excludes halogenated alkanes) is 1. The second-order valence-corrected chi connectivity index (χ2v) is 5.57. The van der Waals surface area contributed by atoms with Gasteiger partial charge in [-0.3, -0.25) is 9.59 Å². The van der Waals surface area contributed by atoms with Crippen molar-refractivity contribution in [3.05, 3.63) is 35.4 Å². The second-order valence-electron chi connectivity index (χ2n) is 5.57. The average Bonchev–Trinajstić information content (AvgIpc) is 2.51. The van der Waals surface area contributed by atoms with E-state index in [0.717, 1.165) is 24.1 Å². The standard InChI is InChI=1S/C17H23N3O2/c1-3-4-11-18-16(21)12-20-17(22)10-9-15(19-20)14-7-5-13(2)6-8-14/h5-8H,3-4,9-12H2,1-2H3,(H,18,21). The predicted octanol–water partition coefficient (Wildman–Crippen LogP) is 2.24. The van der Waals surface area contributed by atoms with Gasteiger partial charge in [0.25, 0.3) is 0 Å². The summed E-state index contributed by atoms with van der Waals surface area (Å²) >= 11 is 0. The first-order valence-corrected chi connectivity index (χ1v) is 7.81. The maximum absolute atomic E-state index is 11.9. The minimum absolute atomic E-state index is 0.00207. The van der Waals surface area contributed by atoms with E-state index in [9.17, 15) is 9.59 Å². The van der Waals surface area contributed by atoms with Crippen LogP contribution in [0.5, 0.6) is 0 Å². The average molecular weight is 301 g/mol. The van der Waals surface area contributed by atoms with Crippen LogP contribution in [0, 0.1) is 6.92 Å². The molecule has 0 fully saturated rings. The van der Waals surface area contributed by atoms with Crippen molar-refractivity contribution in [2.45, 2.75) is 39.5 Å². The topological polar surface area (TPSA) is 61.8 Å². The molecule has 1 aromatic rings. The van der Waals surface area contributed by atoms with E-state index in [4.69, 9.17) is 0 Å². The number of rotatable bonds is 6. The maximum atomic E-state index is 11.9. The molecular formula is C17H23N3O2. The normalized spacial score (nSPS) is 14.7. The van der Waals surface area contributed by atoms with Gasteiger partial charge >= 0.3 is 0 Å². The lowest BCUT2D eigenvalue weighted by molar-refractivity contribution is -0.136. The van der Waals surface area contributed by atoms with Crippen molar-refractivity contribution in [3.8, 4) is 0 Å². The van der Waals surface area contributed by atoms with E-state index in [1.165, 1.54) is 10.6 Å². The van der Waals surface area contributed by atoms with Crippen molar-refractivity contribution in [3.63, 3.8) is 0 Å². The largest absolute Gasteiger partial charge is 0.354 e. The third kappa shape index (κ3) is 4.41. The van der Waals surface area contributed by atoms with Crippen LogP contribution in [-0.2, 0) is 9.59 Å². The SMILES string of the molecule is CCCCNC(=O)CN1N=C(c2ccc(C)cc2)CCC1=O. The van der Waals surface area contributed by atoms with E-state index in [-0.39, 0.29) is 18.4 Å². The monoisotopic (exact) mass is 301 g/mol. The number of nitrogens with one attached hydrogen (secondary N) is 1. The Bertz CT molecular complexity index is 564. The number of carbonyl (C=O) groups is 2. The molecule has 0 radical (unpaired) electrons. The van der Waals surface area contributed by atoms with Crippen LogP contribution in [0.2, 0.25) is 0 Å². The van der Waals surface area contributed by atoms with Crippen LogP contribution in [-0.4, -0.2) is 35.6 Å². The summed E-state index contributed by atoms with van der Waals surface area (Å²) < 4.78 is 0. The lowest BCUT2D eigenvalue weighted by Crippen LogP contribution is -2.40. The zero-order valence-corrected chi connectivity index (χ0v) is 13.3. The predicted molar refractivity (Wildman–Crippen MR) is 86.6 cm³/mol. The Hall–Kier alpha value is -2.17. The molecule has 22 heavy (non-hydrogen) atoms. The second kappa shape index (κ2) is 7.73. The van der Waals surface area contributed by atoms with Crippen LogP contribution in [0.15, 0.2) is 29.4 Å². The Morgan fingerprint density at radius 3 is 2.68 bits per heavy atom. The lowest BCUT2D eigenvalue weighted by Gasteiger charge is -2.23. The third-order valence-electron chi connectivity index (χ3n) is 3.64. The Morgan fingerprint density at radius 1 is 1.27 bits per heavy atom. The fourth-order valence-electron chi connectivity index (χ4n) is 2.27. The van der Waals surface area contributed by atoms with Crippen LogP contribution < -0.4 is 5.32 Å². The number of nitrogens with zero attached hydrogens (tertiary/aromatic N) is 2. The van der Waals surface area contributed by atoms with Gasteiger partial charge in [0, 0.05) is 19.4 Å². The van der Waals surface area contributed by atoms with Gasteiger partial charge in [-0.15, -0.1) is 0 Å². The maximum Gasteiger partial charge on any atom is 0.243 e. The van der Waals surface area contributed by atoms with E-state index >= 15 is 0 Å². The molecule has 5 nitrogen and oxygen atoms in total. The number of hydrogen-bond donors (Lipinski definition) is 1. The number of carbonyl (C=O) groups excluding carboxylic acids is 2. The van der Waals surface area contributed by atoms with Crippen LogP contribution in [0.4, 0.5) is 0 Å². The smallest absolute Gasteiger partial charge is 0.243 e. The summed E-state index contributed by atoms with van der Waals surface area (Å²) in [4.78, 5) is 23.8. The van der Waals surface area contributed by atoms with Crippen molar-refractivity contribution in [1.82, 2.24) is 10.3 Å². The molecule has 0 saturated carbocycles. The molecule has 0 aromatic heterocycles. The van der Waals surface area contributed by atoms with E-state index in [2.05, 4.69) is 17.3 Å². The third-order valence-corrected chi connectivity index (χ3v) is 3.64. The zero-order valence-electron chi connectivity index (χ0n) is 13.3. The molecule has 1 heterocycles. The first kappa shape index (κ1) is 16.2. The molecule has 0 spiro atoms. The molecule has 0 aliphatic carbocycles. The van der Waals surface area contributed by atoms with Gasteiger partial charge < -0.3 is 5.32 Å². The number of hydrazone groups is 1. The zero-order chi connectivity index (χ0) is 15.9. The van der Waals surface area contributed by atoms with E-state index in [0.29, 0.717) is 19.4 Å². The molecule has 2 rings (SSSR count). The highest BCUT2D eigenvalue weighted by atomic mass is 16.2. The first-order valence-electron chi connectivity index (χ1n) is 7.81. The number of benzene rings is 1. The fraction of sp³-hybridized carbons (Fsp3) is 0.471. The molecule has 5 heteroatoms. The molecular weight excluding hydrogens is 278 g/mol. The minimum Gasteiger partial charge on any atom is -0.354 e. The van der Waals surface area contributed by atoms with Gasteiger partial charge in [0.15, 0.2) is 0 Å². The Balaban J connectivity index is 2.03. The van der Waals surface area contributed by atoms with Gasteiger partial charge in [0.05, 0.1) is 5.71 Å². The highest BCUT2D eigenvalue weighted by Crippen LogP contribution is 2.15. The lowest BCUT2D eigenvalue weighted by atomic mass is 10.0. The van der Waals surface area contributed by atoms with E-state index in [1.807, 2.05) is 31.2 Å². The van der Waals surface area contributed by atoms with E-state index < -0.39 is 0 Å². The summed E-state index contributed by atoms with van der Waals surface area (Å²) in [5.41, 5.74) is 3.05. The van der Waals surface area contributed by atoms with Gasteiger partial charge in [-0.05, 0) is 18.9 Å². The molecule has 0 bridgehead atoms. The summed E-state index contributed by atoms with van der Waals surface area (Å²) in [6, 6.07) is 8.05. The molecule has 0 atom stereocenters. The first-order chi connectivity index (χ1) is 10.6. The summed E-state index contributed by atoms with van der Waals surface area (Å²) in [6.07, 6.45) is 2.99.